The summed E-state index contributed by atoms with van der Waals surface area (Å²) in [5.74, 6) is 0.467. The van der Waals surface area contributed by atoms with E-state index in [0.29, 0.717) is 52.3 Å². The molecule has 1 atom stereocenters. The average molecular weight is 532 g/mol. The molecule has 1 fully saturated rings. The summed E-state index contributed by atoms with van der Waals surface area (Å²) in [5, 5.41) is 6.42. The second-order valence-corrected chi connectivity index (χ2v) is 11.4. The molecule has 0 spiro atoms. The molecule has 0 radical (unpaired) electrons. The molecular weight excluding hydrogens is 510 g/mol. The van der Waals surface area contributed by atoms with Crippen LogP contribution in [-0.2, 0) is 14.8 Å². The number of anilines is 1. The Labute approximate surface area is 211 Å². The summed E-state index contributed by atoms with van der Waals surface area (Å²) >= 11 is 7.17. The SMILES string of the molecule is COc1cccc2cc(-c3csc(NC(=O)C4CCCN(S(=O)(=O)c5ccc(Cl)cc5)C4)n3)oc12. The van der Waals surface area contributed by atoms with E-state index in [-0.39, 0.29) is 17.3 Å². The van der Waals surface area contributed by atoms with Gasteiger partial charge in [0.1, 0.15) is 5.69 Å². The van der Waals surface area contributed by atoms with Gasteiger partial charge in [0.2, 0.25) is 15.9 Å². The lowest BCUT2D eigenvalue weighted by atomic mass is 9.99. The molecule has 182 valence electrons. The number of nitrogens with zero attached hydrogens (tertiary/aromatic N) is 2. The molecule has 8 nitrogen and oxygen atoms in total. The Morgan fingerprint density at radius 2 is 2.06 bits per heavy atom. The first-order valence-electron chi connectivity index (χ1n) is 10.9. The van der Waals surface area contributed by atoms with Crippen molar-refractivity contribution in [2.24, 2.45) is 5.92 Å². The van der Waals surface area contributed by atoms with Crippen molar-refractivity contribution in [3.63, 3.8) is 0 Å². The molecule has 1 unspecified atom stereocenters. The third kappa shape index (κ3) is 4.79. The molecule has 1 aliphatic heterocycles. The summed E-state index contributed by atoms with van der Waals surface area (Å²) in [6, 6.07) is 13.5. The van der Waals surface area contributed by atoms with Gasteiger partial charge in [0.25, 0.3) is 0 Å². The van der Waals surface area contributed by atoms with Crippen LogP contribution in [0.3, 0.4) is 0 Å². The number of hydrogen-bond donors (Lipinski definition) is 1. The fraction of sp³-hybridized carbons (Fsp3) is 0.250. The van der Waals surface area contributed by atoms with Gasteiger partial charge in [-0.25, -0.2) is 13.4 Å². The van der Waals surface area contributed by atoms with Gasteiger partial charge in [-0.3, -0.25) is 4.79 Å². The highest BCUT2D eigenvalue weighted by Gasteiger charge is 2.33. The quantitative estimate of drug-likeness (QED) is 0.364. The number of furan rings is 1. The van der Waals surface area contributed by atoms with Crippen molar-refractivity contribution >= 4 is 55.0 Å². The van der Waals surface area contributed by atoms with E-state index in [2.05, 4.69) is 10.3 Å². The van der Waals surface area contributed by atoms with Crippen molar-refractivity contribution in [2.75, 3.05) is 25.5 Å². The van der Waals surface area contributed by atoms with Crippen molar-refractivity contribution in [3.8, 4) is 17.2 Å². The third-order valence-electron chi connectivity index (χ3n) is 5.92. The van der Waals surface area contributed by atoms with E-state index in [1.807, 2.05) is 24.3 Å². The van der Waals surface area contributed by atoms with Gasteiger partial charge in [-0.2, -0.15) is 4.31 Å². The topological polar surface area (TPSA) is 102 Å². The van der Waals surface area contributed by atoms with Crippen LogP contribution in [0.2, 0.25) is 5.02 Å². The lowest BCUT2D eigenvalue weighted by Gasteiger charge is -2.31. The van der Waals surface area contributed by atoms with Crippen LogP contribution in [0.4, 0.5) is 5.13 Å². The number of hydrogen-bond acceptors (Lipinski definition) is 7. The van der Waals surface area contributed by atoms with Crippen molar-refractivity contribution < 1.29 is 22.4 Å². The molecule has 0 aliphatic carbocycles. The minimum absolute atomic E-state index is 0.110. The van der Waals surface area contributed by atoms with Crippen LogP contribution in [0.5, 0.6) is 5.75 Å². The van der Waals surface area contributed by atoms with E-state index in [0.717, 1.165) is 5.39 Å². The molecule has 1 amide bonds. The lowest BCUT2D eigenvalue weighted by molar-refractivity contribution is -0.120. The van der Waals surface area contributed by atoms with E-state index in [4.69, 9.17) is 20.8 Å². The Kier molecular flexibility index (Phi) is 6.54. The lowest BCUT2D eigenvalue weighted by Crippen LogP contribution is -2.43. The second-order valence-electron chi connectivity index (χ2n) is 8.17. The predicted octanol–water partition coefficient (Wildman–Crippen LogP) is 5.26. The Balaban J connectivity index is 1.28. The third-order valence-corrected chi connectivity index (χ3v) is 8.81. The van der Waals surface area contributed by atoms with Crippen molar-refractivity contribution in [2.45, 2.75) is 17.7 Å². The Morgan fingerprint density at radius 3 is 2.83 bits per heavy atom. The normalized spacial score (nSPS) is 16.9. The highest BCUT2D eigenvalue weighted by Crippen LogP contribution is 2.35. The maximum atomic E-state index is 13.0. The number of thiazole rings is 1. The number of halogens is 1. The van der Waals surface area contributed by atoms with Gasteiger partial charge < -0.3 is 14.5 Å². The monoisotopic (exact) mass is 531 g/mol. The van der Waals surface area contributed by atoms with E-state index in [1.165, 1.54) is 27.8 Å². The first-order valence-corrected chi connectivity index (χ1v) is 13.6. The number of amides is 1. The molecule has 1 saturated heterocycles. The zero-order valence-electron chi connectivity index (χ0n) is 18.7. The van der Waals surface area contributed by atoms with Crippen LogP contribution in [0.15, 0.2) is 63.2 Å². The Morgan fingerprint density at radius 1 is 1.26 bits per heavy atom. The predicted molar refractivity (Wildman–Crippen MR) is 135 cm³/mol. The molecule has 35 heavy (non-hydrogen) atoms. The van der Waals surface area contributed by atoms with Gasteiger partial charge in [0, 0.05) is 28.9 Å². The summed E-state index contributed by atoms with van der Waals surface area (Å²) in [6.07, 6.45) is 1.19. The summed E-state index contributed by atoms with van der Waals surface area (Å²) in [4.78, 5) is 17.6. The summed E-state index contributed by atoms with van der Waals surface area (Å²) in [5.41, 5.74) is 1.23. The summed E-state index contributed by atoms with van der Waals surface area (Å²) in [6.45, 7) is 0.476. The number of methoxy groups -OCH3 is 1. The average Bonchev–Trinajstić information content (AvgIpc) is 3.51. The Bertz CT molecular complexity index is 1480. The molecule has 11 heteroatoms. The zero-order chi connectivity index (χ0) is 24.6. The summed E-state index contributed by atoms with van der Waals surface area (Å²) < 4.78 is 38.7. The van der Waals surface area contributed by atoms with Crippen LogP contribution < -0.4 is 10.1 Å². The number of carbonyl (C=O) groups is 1. The van der Waals surface area contributed by atoms with Gasteiger partial charge in [-0.15, -0.1) is 11.3 Å². The number of fused-ring (bicyclic) bond motifs is 1. The molecule has 5 rings (SSSR count). The van der Waals surface area contributed by atoms with Crippen LogP contribution in [0, 0.1) is 5.92 Å². The van der Waals surface area contributed by atoms with E-state index >= 15 is 0 Å². The van der Waals surface area contributed by atoms with E-state index < -0.39 is 15.9 Å². The fourth-order valence-electron chi connectivity index (χ4n) is 4.11. The molecule has 0 saturated carbocycles. The highest BCUT2D eigenvalue weighted by molar-refractivity contribution is 7.89. The molecule has 3 heterocycles. The van der Waals surface area contributed by atoms with E-state index in [9.17, 15) is 13.2 Å². The number of rotatable bonds is 6. The van der Waals surface area contributed by atoms with Crippen LogP contribution in [0.25, 0.3) is 22.4 Å². The highest BCUT2D eigenvalue weighted by atomic mass is 35.5. The van der Waals surface area contributed by atoms with Crippen LogP contribution in [-0.4, -0.2) is 43.8 Å². The number of sulfonamides is 1. The van der Waals surface area contributed by atoms with Crippen LogP contribution >= 0.6 is 22.9 Å². The number of carbonyl (C=O) groups excluding carboxylic acids is 1. The van der Waals surface area contributed by atoms with Crippen molar-refractivity contribution in [3.05, 3.63) is 58.9 Å². The Hall–Kier alpha value is -2.92. The molecule has 1 aliphatic rings. The summed E-state index contributed by atoms with van der Waals surface area (Å²) in [7, 11) is -2.13. The first kappa shape index (κ1) is 23.8. The standard InChI is InChI=1S/C24H22ClN3O5S2/c1-32-20-6-2-4-15-12-21(33-22(15)20)19-14-34-24(26-19)27-23(29)16-5-3-11-28(13-16)35(30,31)18-9-7-17(25)8-10-18/h2,4,6-10,12,14,16H,3,5,11,13H2,1H3,(H,26,27,29). The van der Waals surface area contributed by atoms with E-state index in [1.54, 1.807) is 24.6 Å². The van der Waals surface area contributed by atoms with Gasteiger partial charge in [0.15, 0.2) is 22.2 Å². The van der Waals surface area contributed by atoms with Crippen LogP contribution in [0.1, 0.15) is 12.8 Å². The smallest absolute Gasteiger partial charge is 0.243 e. The largest absolute Gasteiger partial charge is 0.493 e. The minimum Gasteiger partial charge on any atom is -0.493 e. The maximum Gasteiger partial charge on any atom is 0.243 e. The molecule has 2 aromatic heterocycles. The maximum absolute atomic E-state index is 13.0. The van der Waals surface area contributed by atoms with Gasteiger partial charge in [-0.05, 0) is 49.2 Å². The minimum atomic E-state index is -3.71. The molecular formula is C24H22ClN3O5S2. The number of aromatic nitrogens is 1. The van der Waals surface area contributed by atoms with Gasteiger partial charge in [-0.1, -0.05) is 23.7 Å². The number of nitrogens with one attached hydrogen (secondary N) is 1. The second kappa shape index (κ2) is 9.62. The number of piperidine rings is 1. The molecule has 0 bridgehead atoms. The number of ether oxygens (including phenoxy) is 1. The zero-order valence-corrected chi connectivity index (χ0v) is 21.1. The van der Waals surface area contributed by atoms with Crippen molar-refractivity contribution in [1.29, 1.82) is 0 Å². The first-order chi connectivity index (χ1) is 16.8. The fourth-order valence-corrected chi connectivity index (χ4v) is 6.46. The van der Waals surface area contributed by atoms with Gasteiger partial charge >= 0.3 is 0 Å². The number of para-hydroxylation sites is 1. The molecule has 4 aromatic rings. The number of benzene rings is 2. The molecule has 1 N–H and O–H groups in total. The van der Waals surface area contributed by atoms with Crippen molar-refractivity contribution in [1.82, 2.24) is 9.29 Å². The molecule has 2 aromatic carbocycles. The van der Waals surface area contributed by atoms with Gasteiger partial charge in [0.05, 0.1) is 17.9 Å².